The summed E-state index contributed by atoms with van der Waals surface area (Å²) in [5.41, 5.74) is 0. The van der Waals surface area contributed by atoms with Crippen LogP contribution in [0.4, 0.5) is 13.2 Å². The van der Waals surface area contributed by atoms with Crippen LogP contribution in [0.3, 0.4) is 0 Å². The number of nitrogens with one attached hydrogen (secondary N) is 2. The molecule has 0 radical (unpaired) electrons. The van der Waals surface area contributed by atoms with Crippen molar-refractivity contribution in [3.05, 3.63) is 0 Å². The Hall–Kier alpha value is -0.650. The highest BCUT2D eigenvalue weighted by Crippen LogP contribution is 2.18. The standard InChI is InChI=1S/C9H14F3N3.HI/c1-3-6-14-8(13-4-2)15-7-5-9(10,11)12;/h1H,4-7H2,2H3,(H2,13,14,15);1H. The maximum Gasteiger partial charge on any atom is 0.390 e. The highest BCUT2D eigenvalue weighted by Gasteiger charge is 2.26. The number of guanidine groups is 1. The molecule has 0 heterocycles. The Labute approximate surface area is 110 Å². The van der Waals surface area contributed by atoms with E-state index >= 15 is 0 Å². The summed E-state index contributed by atoms with van der Waals surface area (Å²) in [4.78, 5) is 3.72. The van der Waals surface area contributed by atoms with Gasteiger partial charge in [0.25, 0.3) is 0 Å². The van der Waals surface area contributed by atoms with Crippen LogP contribution in [-0.2, 0) is 0 Å². The summed E-state index contributed by atoms with van der Waals surface area (Å²) in [5, 5.41) is 5.47. The van der Waals surface area contributed by atoms with Crippen molar-refractivity contribution in [2.75, 3.05) is 19.6 Å². The summed E-state index contributed by atoms with van der Waals surface area (Å²) >= 11 is 0. The molecule has 0 fully saturated rings. The molecule has 94 valence electrons. The maximum atomic E-state index is 11.8. The van der Waals surface area contributed by atoms with Crippen LogP contribution in [0.2, 0.25) is 0 Å². The zero-order chi connectivity index (χ0) is 11.7. The molecule has 0 spiro atoms. The van der Waals surface area contributed by atoms with Gasteiger partial charge < -0.3 is 10.6 Å². The molecule has 7 heteroatoms. The van der Waals surface area contributed by atoms with E-state index < -0.39 is 12.6 Å². The van der Waals surface area contributed by atoms with Crippen LogP contribution in [0, 0.1) is 12.3 Å². The van der Waals surface area contributed by atoms with Crippen molar-refractivity contribution in [2.45, 2.75) is 19.5 Å². The van der Waals surface area contributed by atoms with Gasteiger partial charge in [-0.15, -0.1) is 30.4 Å². The fraction of sp³-hybridized carbons (Fsp3) is 0.667. The summed E-state index contributed by atoms with van der Waals surface area (Å²) in [6.07, 6.45) is -0.109. The number of terminal acetylenes is 1. The molecule has 2 N–H and O–H groups in total. The first kappa shape index (κ1) is 17.7. The van der Waals surface area contributed by atoms with E-state index in [9.17, 15) is 13.2 Å². The average molecular weight is 349 g/mol. The number of alkyl halides is 3. The molecular weight excluding hydrogens is 334 g/mol. The molecule has 0 unspecified atom stereocenters. The van der Waals surface area contributed by atoms with Crippen molar-refractivity contribution >= 4 is 29.9 Å². The lowest BCUT2D eigenvalue weighted by Crippen LogP contribution is -2.37. The van der Waals surface area contributed by atoms with Crippen LogP contribution in [0.25, 0.3) is 0 Å². The average Bonchev–Trinajstić information content (AvgIpc) is 2.12. The van der Waals surface area contributed by atoms with Crippen molar-refractivity contribution in [3.8, 4) is 12.3 Å². The minimum atomic E-state index is -4.17. The van der Waals surface area contributed by atoms with Gasteiger partial charge in [0, 0.05) is 6.54 Å². The number of nitrogens with zero attached hydrogens (tertiary/aromatic N) is 1. The van der Waals surface area contributed by atoms with Crippen molar-refractivity contribution < 1.29 is 13.2 Å². The second-order valence-electron chi connectivity index (χ2n) is 2.68. The zero-order valence-electron chi connectivity index (χ0n) is 8.90. The highest BCUT2D eigenvalue weighted by molar-refractivity contribution is 14.0. The second-order valence-corrected chi connectivity index (χ2v) is 2.68. The van der Waals surface area contributed by atoms with Gasteiger partial charge in [-0.3, -0.25) is 4.99 Å². The van der Waals surface area contributed by atoms with E-state index in [1.165, 1.54) is 0 Å². The first-order valence-electron chi connectivity index (χ1n) is 4.52. The fourth-order valence-electron chi connectivity index (χ4n) is 0.771. The lowest BCUT2D eigenvalue weighted by atomic mass is 10.4. The Balaban J connectivity index is 0. The Bertz CT molecular complexity index is 245. The summed E-state index contributed by atoms with van der Waals surface area (Å²) in [6, 6.07) is 0. The van der Waals surface area contributed by atoms with E-state index in [2.05, 4.69) is 21.5 Å². The quantitative estimate of drug-likeness (QED) is 0.351. The predicted octanol–water partition coefficient (Wildman–Crippen LogP) is 1.75. The van der Waals surface area contributed by atoms with Gasteiger partial charge in [-0.05, 0) is 6.92 Å². The minimum Gasteiger partial charge on any atom is -0.357 e. The van der Waals surface area contributed by atoms with Crippen molar-refractivity contribution in [1.82, 2.24) is 10.6 Å². The largest absolute Gasteiger partial charge is 0.390 e. The number of hydrogen-bond donors (Lipinski definition) is 2. The third kappa shape index (κ3) is 11.4. The molecule has 0 saturated heterocycles. The van der Waals surface area contributed by atoms with E-state index in [4.69, 9.17) is 6.42 Å². The smallest absolute Gasteiger partial charge is 0.357 e. The molecule has 0 aromatic heterocycles. The lowest BCUT2D eigenvalue weighted by molar-refractivity contribution is -0.132. The van der Waals surface area contributed by atoms with E-state index in [-0.39, 0.29) is 37.1 Å². The summed E-state index contributed by atoms with van der Waals surface area (Å²) in [5.74, 6) is 2.61. The second kappa shape index (κ2) is 9.57. The lowest BCUT2D eigenvalue weighted by Gasteiger charge is -2.09. The first-order valence-corrected chi connectivity index (χ1v) is 4.52. The van der Waals surface area contributed by atoms with Crippen molar-refractivity contribution in [2.24, 2.45) is 4.99 Å². The van der Waals surface area contributed by atoms with Crippen molar-refractivity contribution in [3.63, 3.8) is 0 Å². The van der Waals surface area contributed by atoms with Crippen LogP contribution >= 0.6 is 24.0 Å². The van der Waals surface area contributed by atoms with E-state index in [0.29, 0.717) is 12.5 Å². The molecule has 0 bridgehead atoms. The molecule has 0 aromatic carbocycles. The van der Waals surface area contributed by atoms with Gasteiger partial charge in [-0.1, -0.05) is 5.92 Å². The van der Waals surface area contributed by atoms with Gasteiger partial charge in [0.05, 0.1) is 19.5 Å². The molecule has 0 aliphatic carbocycles. The maximum absolute atomic E-state index is 11.8. The Morgan fingerprint density at radius 1 is 1.38 bits per heavy atom. The molecule has 0 amide bonds. The van der Waals surface area contributed by atoms with Gasteiger partial charge in [0.1, 0.15) is 0 Å². The normalized spacial score (nSPS) is 11.3. The molecule has 0 aromatic rings. The summed E-state index contributed by atoms with van der Waals surface area (Å²) in [6.45, 7) is 2.32. The molecular formula is C9H15F3IN3. The SMILES string of the molecule is C#CCNC(=NCCC(F)(F)F)NCC.I. The molecule has 0 aliphatic rings. The molecule has 0 saturated carbocycles. The highest BCUT2D eigenvalue weighted by atomic mass is 127. The van der Waals surface area contributed by atoms with E-state index in [1.807, 2.05) is 6.92 Å². The molecule has 3 nitrogen and oxygen atoms in total. The Morgan fingerprint density at radius 2 is 2.00 bits per heavy atom. The van der Waals surface area contributed by atoms with E-state index in [1.54, 1.807) is 0 Å². The molecule has 0 atom stereocenters. The number of halogens is 4. The first-order chi connectivity index (χ1) is 6.99. The van der Waals surface area contributed by atoms with Crippen LogP contribution in [0.5, 0.6) is 0 Å². The topological polar surface area (TPSA) is 36.4 Å². The van der Waals surface area contributed by atoms with Gasteiger partial charge in [-0.25, -0.2) is 0 Å². The minimum absolute atomic E-state index is 0. The van der Waals surface area contributed by atoms with Crippen LogP contribution in [0.15, 0.2) is 4.99 Å². The van der Waals surface area contributed by atoms with Crippen LogP contribution < -0.4 is 10.6 Å². The fourth-order valence-corrected chi connectivity index (χ4v) is 0.771. The summed E-state index contributed by atoms with van der Waals surface area (Å²) in [7, 11) is 0. The molecule has 0 aliphatic heterocycles. The van der Waals surface area contributed by atoms with Crippen molar-refractivity contribution in [1.29, 1.82) is 0 Å². The zero-order valence-corrected chi connectivity index (χ0v) is 11.2. The third-order valence-electron chi connectivity index (χ3n) is 1.37. The van der Waals surface area contributed by atoms with E-state index in [0.717, 1.165) is 0 Å². The number of aliphatic imine (C=N–C) groups is 1. The number of hydrogen-bond acceptors (Lipinski definition) is 1. The Morgan fingerprint density at radius 3 is 2.44 bits per heavy atom. The third-order valence-corrected chi connectivity index (χ3v) is 1.37. The Kier molecular flexibility index (Phi) is 10.6. The number of rotatable bonds is 4. The van der Waals surface area contributed by atoms with Gasteiger partial charge in [0.15, 0.2) is 5.96 Å². The van der Waals surface area contributed by atoms with Gasteiger partial charge >= 0.3 is 6.18 Å². The molecule has 16 heavy (non-hydrogen) atoms. The van der Waals surface area contributed by atoms with Gasteiger partial charge in [0.2, 0.25) is 0 Å². The summed E-state index contributed by atoms with van der Waals surface area (Å²) < 4.78 is 35.4. The predicted molar refractivity (Wildman–Crippen MR) is 68.9 cm³/mol. The van der Waals surface area contributed by atoms with Crippen LogP contribution in [0.1, 0.15) is 13.3 Å². The molecule has 0 rings (SSSR count). The monoisotopic (exact) mass is 349 g/mol. The van der Waals surface area contributed by atoms with Gasteiger partial charge in [-0.2, -0.15) is 13.2 Å². The van der Waals surface area contributed by atoms with Crippen LogP contribution in [-0.4, -0.2) is 31.8 Å².